The molecule has 0 atom stereocenters. The first-order chi connectivity index (χ1) is 13.4. The largest absolute Gasteiger partial charge is 0.426 e. The Kier molecular flexibility index (Phi) is 8.22. The number of nitrogens with one attached hydrogen (secondary N) is 1. The number of ether oxygens (including phenoxy) is 1. The van der Waals surface area contributed by atoms with Crippen molar-refractivity contribution in [2.45, 2.75) is 30.9 Å². The van der Waals surface area contributed by atoms with Crippen LogP contribution in [0.15, 0.2) is 53.4 Å². The maximum atomic E-state index is 12.3. The van der Waals surface area contributed by atoms with Crippen molar-refractivity contribution >= 4 is 29.5 Å². The predicted octanol–water partition coefficient (Wildman–Crippen LogP) is 3.15. The highest BCUT2D eigenvalue weighted by molar-refractivity contribution is 7.98. The normalized spacial score (nSPS) is 10.6. The molecule has 0 saturated heterocycles. The van der Waals surface area contributed by atoms with Crippen LogP contribution >= 0.6 is 11.8 Å². The Morgan fingerprint density at radius 3 is 2.39 bits per heavy atom. The third-order valence-electron chi connectivity index (χ3n) is 3.76. The fraction of sp³-hybridized carbons (Fsp3) is 0.286. The number of benzene rings is 2. The van der Waals surface area contributed by atoms with Crippen LogP contribution in [0, 0.1) is 5.92 Å². The Bertz CT molecular complexity index is 835. The number of carbonyl (C=O) groups excluding carboxylic acids is 3. The quantitative estimate of drug-likeness (QED) is 0.401. The molecular formula is C21H24N2O4S. The Hall–Kier alpha value is -2.64. The summed E-state index contributed by atoms with van der Waals surface area (Å²) < 4.78 is 5.26. The van der Waals surface area contributed by atoms with E-state index in [0.717, 1.165) is 10.5 Å². The molecule has 0 spiro atoms. The number of rotatable bonds is 8. The van der Waals surface area contributed by atoms with Crippen LogP contribution in [-0.2, 0) is 15.3 Å². The van der Waals surface area contributed by atoms with Crippen LogP contribution in [0.25, 0.3) is 0 Å². The molecular weight excluding hydrogens is 376 g/mol. The third kappa shape index (κ3) is 6.51. The lowest BCUT2D eigenvalue weighted by Crippen LogP contribution is -2.32. The minimum absolute atomic E-state index is 0.106. The van der Waals surface area contributed by atoms with Crippen molar-refractivity contribution in [3.05, 3.63) is 59.7 Å². The number of imide groups is 1. The molecule has 0 saturated carbocycles. The maximum absolute atomic E-state index is 12.3. The van der Waals surface area contributed by atoms with Gasteiger partial charge in [0.2, 0.25) is 5.91 Å². The van der Waals surface area contributed by atoms with E-state index < -0.39 is 5.91 Å². The summed E-state index contributed by atoms with van der Waals surface area (Å²) in [6, 6.07) is 14.4. The number of esters is 1. The van der Waals surface area contributed by atoms with Gasteiger partial charge < -0.3 is 10.5 Å². The van der Waals surface area contributed by atoms with Crippen molar-refractivity contribution in [1.29, 1.82) is 0 Å². The van der Waals surface area contributed by atoms with Crippen molar-refractivity contribution in [2.75, 3.05) is 6.54 Å². The second-order valence-corrected chi connectivity index (χ2v) is 7.44. The molecule has 2 rings (SSSR count). The van der Waals surface area contributed by atoms with Crippen molar-refractivity contribution in [1.82, 2.24) is 5.32 Å². The molecule has 0 bridgehead atoms. The highest BCUT2D eigenvalue weighted by Crippen LogP contribution is 2.27. The van der Waals surface area contributed by atoms with Gasteiger partial charge in [0.1, 0.15) is 5.75 Å². The number of hydrogen-bond donors (Lipinski definition) is 2. The lowest BCUT2D eigenvalue weighted by atomic mass is 10.2. The van der Waals surface area contributed by atoms with E-state index in [9.17, 15) is 14.4 Å². The molecule has 7 heteroatoms. The molecule has 2 aromatic rings. The van der Waals surface area contributed by atoms with E-state index in [0.29, 0.717) is 17.1 Å². The molecule has 3 N–H and O–H groups in total. The monoisotopic (exact) mass is 400 g/mol. The lowest BCUT2D eigenvalue weighted by molar-refractivity contribution is -0.137. The van der Waals surface area contributed by atoms with Gasteiger partial charge in [-0.3, -0.25) is 19.7 Å². The summed E-state index contributed by atoms with van der Waals surface area (Å²) >= 11 is 1.49. The van der Waals surface area contributed by atoms with E-state index >= 15 is 0 Å². The molecule has 148 valence electrons. The van der Waals surface area contributed by atoms with Crippen molar-refractivity contribution in [3.8, 4) is 5.75 Å². The zero-order chi connectivity index (χ0) is 20.5. The van der Waals surface area contributed by atoms with Crippen molar-refractivity contribution < 1.29 is 19.1 Å². The van der Waals surface area contributed by atoms with E-state index in [1.54, 1.807) is 38.1 Å². The highest BCUT2D eigenvalue weighted by Gasteiger charge is 2.14. The molecule has 0 unspecified atom stereocenters. The van der Waals surface area contributed by atoms with Crippen LogP contribution in [0.4, 0.5) is 0 Å². The Labute approximate surface area is 168 Å². The first-order valence-corrected chi connectivity index (χ1v) is 9.96. The zero-order valence-electron chi connectivity index (χ0n) is 15.9. The standard InChI is InChI=1S/C21H24N2O4S/c1-14(2)21(26)27-16-9-7-15(8-10-16)13-28-18-6-4-3-5-17(18)20(25)23-19(24)11-12-22/h3-10,14H,11-13,22H2,1-2H3,(H,23,24,25). The zero-order valence-corrected chi connectivity index (χ0v) is 16.8. The van der Waals surface area contributed by atoms with Gasteiger partial charge in [-0.1, -0.05) is 38.1 Å². The maximum Gasteiger partial charge on any atom is 0.313 e. The van der Waals surface area contributed by atoms with Crippen LogP contribution in [-0.4, -0.2) is 24.3 Å². The van der Waals surface area contributed by atoms with Gasteiger partial charge in [0.25, 0.3) is 5.91 Å². The molecule has 28 heavy (non-hydrogen) atoms. The number of nitrogens with two attached hydrogens (primary N) is 1. The molecule has 0 fully saturated rings. The Morgan fingerprint density at radius 1 is 1.07 bits per heavy atom. The SMILES string of the molecule is CC(C)C(=O)Oc1ccc(CSc2ccccc2C(=O)NC(=O)CCN)cc1. The summed E-state index contributed by atoms with van der Waals surface area (Å²) in [5, 5.41) is 2.35. The van der Waals surface area contributed by atoms with Gasteiger partial charge in [-0.2, -0.15) is 0 Å². The first-order valence-electron chi connectivity index (χ1n) is 8.97. The number of carbonyl (C=O) groups is 3. The van der Waals surface area contributed by atoms with Gasteiger partial charge >= 0.3 is 5.97 Å². The summed E-state index contributed by atoms with van der Waals surface area (Å²) in [4.78, 5) is 36.3. The molecule has 0 aliphatic rings. The van der Waals surface area contributed by atoms with E-state index in [2.05, 4.69) is 5.32 Å². The van der Waals surface area contributed by atoms with Gasteiger partial charge in [-0.15, -0.1) is 11.8 Å². The minimum atomic E-state index is -0.433. The fourth-order valence-corrected chi connectivity index (χ4v) is 3.22. The smallest absolute Gasteiger partial charge is 0.313 e. The molecule has 0 aliphatic carbocycles. The lowest BCUT2D eigenvalue weighted by Gasteiger charge is -2.10. The van der Waals surface area contributed by atoms with Crippen molar-refractivity contribution in [2.24, 2.45) is 11.7 Å². The van der Waals surface area contributed by atoms with Crippen LogP contribution in [0.1, 0.15) is 36.2 Å². The molecule has 2 amide bonds. The third-order valence-corrected chi connectivity index (χ3v) is 4.91. The van der Waals surface area contributed by atoms with Crippen molar-refractivity contribution in [3.63, 3.8) is 0 Å². The summed E-state index contributed by atoms with van der Waals surface area (Å²) in [5.41, 5.74) is 6.80. The average Bonchev–Trinajstić information content (AvgIpc) is 2.67. The van der Waals surface area contributed by atoms with Crippen LogP contribution in [0.5, 0.6) is 5.75 Å². The van der Waals surface area contributed by atoms with Gasteiger partial charge in [-0.25, -0.2) is 0 Å². The van der Waals surface area contributed by atoms with E-state index in [1.165, 1.54) is 11.8 Å². The molecule has 0 heterocycles. The van der Waals surface area contributed by atoms with Crippen LogP contribution in [0.2, 0.25) is 0 Å². The number of thioether (sulfide) groups is 1. The summed E-state index contributed by atoms with van der Waals surface area (Å²) in [5.74, 6) is -0.151. The van der Waals surface area contributed by atoms with Gasteiger partial charge in [0, 0.05) is 23.6 Å². The second-order valence-electron chi connectivity index (χ2n) is 6.42. The molecule has 0 aromatic heterocycles. The average molecular weight is 401 g/mol. The Morgan fingerprint density at radius 2 is 1.75 bits per heavy atom. The first kappa shape index (κ1) is 21.7. The van der Waals surface area contributed by atoms with E-state index in [1.807, 2.05) is 24.3 Å². The molecule has 2 aromatic carbocycles. The number of hydrogen-bond acceptors (Lipinski definition) is 6. The fourth-order valence-electron chi connectivity index (χ4n) is 2.22. The summed E-state index contributed by atoms with van der Waals surface area (Å²) in [6.45, 7) is 3.76. The van der Waals surface area contributed by atoms with Crippen LogP contribution in [0.3, 0.4) is 0 Å². The van der Waals surface area contributed by atoms with Gasteiger partial charge in [0.15, 0.2) is 0 Å². The van der Waals surface area contributed by atoms with Gasteiger partial charge in [0.05, 0.1) is 11.5 Å². The molecule has 0 aliphatic heterocycles. The highest BCUT2D eigenvalue weighted by atomic mass is 32.2. The predicted molar refractivity (Wildman–Crippen MR) is 109 cm³/mol. The van der Waals surface area contributed by atoms with E-state index in [4.69, 9.17) is 10.5 Å². The minimum Gasteiger partial charge on any atom is -0.426 e. The number of amides is 2. The summed E-state index contributed by atoms with van der Waals surface area (Å²) in [7, 11) is 0. The Balaban J connectivity index is 2.00. The second kappa shape index (κ2) is 10.6. The molecule has 0 radical (unpaired) electrons. The summed E-state index contributed by atoms with van der Waals surface area (Å²) in [6.07, 6.45) is 0.106. The van der Waals surface area contributed by atoms with Crippen LogP contribution < -0.4 is 15.8 Å². The van der Waals surface area contributed by atoms with Gasteiger partial charge in [-0.05, 0) is 29.8 Å². The molecule has 6 nitrogen and oxygen atoms in total. The topological polar surface area (TPSA) is 98.5 Å². The van der Waals surface area contributed by atoms with E-state index in [-0.39, 0.29) is 30.8 Å².